The molecule has 0 heterocycles. The number of hydrogen-bond donors (Lipinski definition) is 1. The predicted octanol–water partition coefficient (Wildman–Crippen LogP) is 4.80. The van der Waals surface area contributed by atoms with Crippen molar-refractivity contribution in [3.8, 4) is 11.5 Å². The Morgan fingerprint density at radius 3 is 2.48 bits per heavy atom. The summed E-state index contributed by atoms with van der Waals surface area (Å²) in [6.45, 7) is 2.57. The molecule has 2 rings (SSSR count). The Bertz CT molecular complexity index is 659. The fraction of sp³-hybridized carbons (Fsp3) is 0.235. The Hall–Kier alpha value is -1.91. The fourth-order valence-corrected chi connectivity index (χ4v) is 2.25. The lowest BCUT2D eigenvalue weighted by Crippen LogP contribution is -2.20. The van der Waals surface area contributed by atoms with Crippen LogP contribution in [0.3, 0.4) is 0 Å². The van der Waals surface area contributed by atoms with Gasteiger partial charge in [-0.05, 0) is 48.9 Å². The van der Waals surface area contributed by atoms with E-state index in [0.29, 0.717) is 28.1 Å². The summed E-state index contributed by atoms with van der Waals surface area (Å²) in [6.07, 6.45) is 0.948. The summed E-state index contributed by atoms with van der Waals surface area (Å²) in [5.41, 5.74) is 0.671. The molecule has 6 heteroatoms. The van der Waals surface area contributed by atoms with Crippen LogP contribution in [0.1, 0.15) is 13.3 Å². The van der Waals surface area contributed by atoms with Crippen molar-refractivity contribution in [3.63, 3.8) is 0 Å². The third kappa shape index (κ3) is 5.66. The molecule has 0 aliphatic rings. The van der Waals surface area contributed by atoms with E-state index in [2.05, 4.69) is 5.32 Å². The van der Waals surface area contributed by atoms with Gasteiger partial charge in [0.05, 0.1) is 11.6 Å². The molecule has 23 heavy (non-hydrogen) atoms. The van der Waals surface area contributed by atoms with E-state index >= 15 is 0 Å². The Kier molecular flexibility index (Phi) is 6.56. The van der Waals surface area contributed by atoms with Gasteiger partial charge in [0.2, 0.25) is 0 Å². The third-order valence-electron chi connectivity index (χ3n) is 2.86. The van der Waals surface area contributed by atoms with Crippen LogP contribution in [0.25, 0.3) is 0 Å². The molecule has 0 atom stereocenters. The van der Waals surface area contributed by atoms with Crippen LogP contribution in [-0.2, 0) is 4.79 Å². The standard InChI is InChI=1S/C17H17Cl2NO3/c1-2-9-22-14-6-4-13(5-7-14)20-17(21)11-23-16-8-3-12(18)10-15(16)19/h3-8,10H,2,9,11H2,1H3,(H,20,21). The van der Waals surface area contributed by atoms with E-state index in [-0.39, 0.29) is 12.5 Å². The molecule has 0 fully saturated rings. The molecule has 0 bridgehead atoms. The number of carbonyl (C=O) groups is 1. The molecule has 122 valence electrons. The van der Waals surface area contributed by atoms with E-state index in [1.54, 1.807) is 30.3 Å². The van der Waals surface area contributed by atoms with Gasteiger partial charge in [-0.2, -0.15) is 0 Å². The second-order valence-electron chi connectivity index (χ2n) is 4.78. The van der Waals surface area contributed by atoms with Gasteiger partial charge in [0, 0.05) is 10.7 Å². The Labute approximate surface area is 145 Å². The molecule has 0 aliphatic carbocycles. The summed E-state index contributed by atoms with van der Waals surface area (Å²) >= 11 is 11.8. The van der Waals surface area contributed by atoms with E-state index in [4.69, 9.17) is 32.7 Å². The first-order chi connectivity index (χ1) is 11.1. The highest BCUT2D eigenvalue weighted by molar-refractivity contribution is 6.35. The van der Waals surface area contributed by atoms with Crippen molar-refractivity contribution < 1.29 is 14.3 Å². The van der Waals surface area contributed by atoms with Crippen LogP contribution >= 0.6 is 23.2 Å². The first-order valence-corrected chi connectivity index (χ1v) is 7.94. The van der Waals surface area contributed by atoms with Gasteiger partial charge in [0.15, 0.2) is 6.61 Å². The van der Waals surface area contributed by atoms with Gasteiger partial charge in [-0.25, -0.2) is 0 Å². The first-order valence-electron chi connectivity index (χ1n) is 7.19. The molecule has 0 saturated carbocycles. The topological polar surface area (TPSA) is 47.6 Å². The predicted molar refractivity (Wildman–Crippen MR) is 92.8 cm³/mol. The number of ether oxygens (including phenoxy) is 2. The van der Waals surface area contributed by atoms with Crippen LogP contribution < -0.4 is 14.8 Å². The molecular formula is C17H17Cl2NO3. The number of benzene rings is 2. The molecule has 4 nitrogen and oxygen atoms in total. The number of amides is 1. The molecule has 0 aromatic heterocycles. The van der Waals surface area contributed by atoms with E-state index in [1.807, 2.05) is 19.1 Å². The van der Waals surface area contributed by atoms with Crippen molar-refractivity contribution in [2.24, 2.45) is 0 Å². The third-order valence-corrected chi connectivity index (χ3v) is 3.39. The monoisotopic (exact) mass is 353 g/mol. The number of anilines is 1. The number of nitrogens with one attached hydrogen (secondary N) is 1. The summed E-state index contributed by atoms with van der Waals surface area (Å²) in [5.74, 6) is 0.904. The maximum atomic E-state index is 11.9. The van der Waals surface area contributed by atoms with Gasteiger partial charge in [0.25, 0.3) is 5.91 Å². The van der Waals surface area contributed by atoms with Gasteiger partial charge >= 0.3 is 0 Å². The van der Waals surface area contributed by atoms with Crippen molar-refractivity contribution in [3.05, 3.63) is 52.5 Å². The van der Waals surface area contributed by atoms with E-state index in [1.165, 1.54) is 0 Å². The van der Waals surface area contributed by atoms with Crippen LogP contribution in [0.2, 0.25) is 10.0 Å². The molecule has 0 spiro atoms. The summed E-state index contributed by atoms with van der Waals surface area (Å²) in [4.78, 5) is 11.9. The summed E-state index contributed by atoms with van der Waals surface area (Å²) in [5, 5.41) is 3.61. The molecule has 0 aliphatic heterocycles. The maximum Gasteiger partial charge on any atom is 0.262 e. The molecule has 0 unspecified atom stereocenters. The second kappa shape index (κ2) is 8.65. The van der Waals surface area contributed by atoms with Crippen LogP contribution in [0.5, 0.6) is 11.5 Å². The van der Waals surface area contributed by atoms with Gasteiger partial charge in [-0.1, -0.05) is 30.1 Å². The fourth-order valence-electron chi connectivity index (χ4n) is 1.79. The van der Waals surface area contributed by atoms with Crippen molar-refractivity contribution in [2.75, 3.05) is 18.5 Å². The molecular weight excluding hydrogens is 337 g/mol. The normalized spacial score (nSPS) is 10.2. The van der Waals surface area contributed by atoms with Crippen molar-refractivity contribution in [1.29, 1.82) is 0 Å². The second-order valence-corrected chi connectivity index (χ2v) is 5.63. The molecule has 0 radical (unpaired) electrons. The lowest BCUT2D eigenvalue weighted by atomic mass is 10.3. The first kappa shape index (κ1) is 17.4. The number of hydrogen-bond acceptors (Lipinski definition) is 3. The zero-order valence-corrected chi connectivity index (χ0v) is 14.2. The Morgan fingerprint density at radius 1 is 1.09 bits per heavy atom. The van der Waals surface area contributed by atoms with Gasteiger partial charge in [-0.3, -0.25) is 4.79 Å². The highest BCUT2D eigenvalue weighted by Gasteiger charge is 2.07. The minimum Gasteiger partial charge on any atom is -0.494 e. The Balaban J connectivity index is 1.84. The molecule has 0 saturated heterocycles. The lowest BCUT2D eigenvalue weighted by molar-refractivity contribution is -0.118. The van der Waals surface area contributed by atoms with Crippen LogP contribution in [0.4, 0.5) is 5.69 Å². The van der Waals surface area contributed by atoms with Gasteiger partial charge < -0.3 is 14.8 Å². The molecule has 2 aromatic carbocycles. The maximum absolute atomic E-state index is 11.9. The smallest absolute Gasteiger partial charge is 0.262 e. The molecule has 1 N–H and O–H groups in total. The number of rotatable bonds is 7. The minimum atomic E-state index is -0.279. The average Bonchev–Trinajstić information content (AvgIpc) is 2.53. The van der Waals surface area contributed by atoms with E-state index < -0.39 is 0 Å². The quantitative estimate of drug-likeness (QED) is 0.777. The van der Waals surface area contributed by atoms with Crippen molar-refractivity contribution >= 4 is 34.8 Å². The van der Waals surface area contributed by atoms with Gasteiger partial charge in [0.1, 0.15) is 11.5 Å². The molecule has 1 amide bonds. The highest BCUT2D eigenvalue weighted by Crippen LogP contribution is 2.27. The summed E-state index contributed by atoms with van der Waals surface area (Å²) in [6, 6.07) is 12.0. The number of carbonyl (C=O) groups excluding carboxylic acids is 1. The molecule has 2 aromatic rings. The van der Waals surface area contributed by atoms with E-state index in [9.17, 15) is 4.79 Å². The van der Waals surface area contributed by atoms with Crippen LogP contribution in [0.15, 0.2) is 42.5 Å². The van der Waals surface area contributed by atoms with Gasteiger partial charge in [-0.15, -0.1) is 0 Å². The number of halogens is 2. The van der Waals surface area contributed by atoms with Crippen molar-refractivity contribution in [1.82, 2.24) is 0 Å². The van der Waals surface area contributed by atoms with Crippen LogP contribution in [0, 0.1) is 0 Å². The summed E-state index contributed by atoms with van der Waals surface area (Å²) < 4.78 is 10.9. The van der Waals surface area contributed by atoms with Crippen molar-refractivity contribution in [2.45, 2.75) is 13.3 Å². The largest absolute Gasteiger partial charge is 0.494 e. The Morgan fingerprint density at radius 2 is 1.83 bits per heavy atom. The SMILES string of the molecule is CCCOc1ccc(NC(=O)COc2ccc(Cl)cc2Cl)cc1. The van der Waals surface area contributed by atoms with E-state index in [0.717, 1.165) is 12.2 Å². The highest BCUT2D eigenvalue weighted by atomic mass is 35.5. The zero-order valence-electron chi connectivity index (χ0n) is 12.6. The lowest BCUT2D eigenvalue weighted by Gasteiger charge is -2.10. The average molecular weight is 354 g/mol. The minimum absolute atomic E-state index is 0.143. The van der Waals surface area contributed by atoms with Crippen LogP contribution in [-0.4, -0.2) is 19.1 Å². The zero-order chi connectivity index (χ0) is 16.7. The summed E-state index contributed by atoms with van der Waals surface area (Å²) in [7, 11) is 0.